The lowest BCUT2D eigenvalue weighted by Crippen LogP contribution is -2.25. The summed E-state index contributed by atoms with van der Waals surface area (Å²) in [6.45, 7) is 0. The second-order valence-electron chi connectivity index (χ2n) is 4.70. The fourth-order valence-electron chi connectivity index (χ4n) is 2.43. The Labute approximate surface area is 110 Å². The summed E-state index contributed by atoms with van der Waals surface area (Å²) in [5.74, 6) is 0.568. The summed E-state index contributed by atoms with van der Waals surface area (Å²) < 4.78 is 6.82. The number of methoxy groups -OCH3 is 1. The Kier molecular flexibility index (Phi) is 2.38. The molecule has 0 unspecified atom stereocenters. The van der Waals surface area contributed by atoms with Gasteiger partial charge in [-0.3, -0.25) is 4.79 Å². The number of hydrogen-bond donors (Lipinski definition) is 0. The van der Waals surface area contributed by atoms with Crippen LogP contribution >= 0.6 is 11.6 Å². The smallest absolute Gasteiger partial charge is 0.319 e. The van der Waals surface area contributed by atoms with E-state index in [-0.39, 0.29) is 5.97 Å². The van der Waals surface area contributed by atoms with Crippen molar-refractivity contribution in [2.24, 2.45) is 7.05 Å². The van der Waals surface area contributed by atoms with Gasteiger partial charge in [-0.1, -0.05) is 11.6 Å². The Morgan fingerprint density at radius 1 is 1.50 bits per heavy atom. The van der Waals surface area contributed by atoms with Crippen LogP contribution in [-0.2, 0) is 22.0 Å². The van der Waals surface area contributed by atoms with Gasteiger partial charge in [0.15, 0.2) is 0 Å². The van der Waals surface area contributed by atoms with Gasteiger partial charge in [0.2, 0.25) is 0 Å². The maximum atomic E-state index is 11.9. The highest BCUT2D eigenvalue weighted by Gasteiger charge is 2.55. The third kappa shape index (κ3) is 1.45. The maximum absolute atomic E-state index is 11.9. The van der Waals surface area contributed by atoms with Crippen LogP contribution < -0.4 is 0 Å². The van der Waals surface area contributed by atoms with Crippen LogP contribution in [0.15, 0.2) is 18.2 Å². The van der Waals surface area contributed by atoms with E-state index in [4.69, 9.17) is 16.3 Å². The summed E-state index contributed by atoms with van der Waals surface area (Å²) in [5, 5.41) is 0.667. The zero-order valence-corrected chi connectivity index (χ0v) is 11.0. The highest BCUT2D eigenvalue weighted by molar-refractivity contribution is 6.31. The van der Waals surface area contributed by atoms with Crippen molar-refractivity contribution >= 4 is 28.6 Å². The van der Waals surface area contributed by atoms with Gasteiger partial charge in [0.05, 0.1) is 18.1 Å². The summed E-state index contributed by atoms with van der Waals surface area (Å²) in [6.07, 6.45) is 1.59. The van der Waals surface area contributed by atoms with Gasteiger partial charge in [-0.05, 0) is 31.0 Å². The van der Waals surface area contributed by atoms with E-state index >= 15 is 0 Å². The molecule has 0 radical (unpaired) electrons. The van der Waals surface area contributed by atoms with E-state index < -0.39 is 5.41 Å². The number of hydrogen-bond acceptors (Lipinski definition) is 3. The molecule has 1 aromatic carbocycles. The summed E-state index contributed by atoms with van der Waals surface area (Å²) >= 11 is 5.99. The number of ether oxygens (including phenoxy) is 1. The van der Waals surface area contributed by atoms with Crippen molar-refractivity contribution in [3.8, 4) is 0 Å². The van der Waals surface area contributed by atoms with Gasteiger partial charge in [0.1, 0.15) is 11.2 Å². The number of benzene rings is 1. The average molecular weight is 265 g/mol. The van der Waals surface area contributed by atoms with E-state index in [0.717, 1.165) is 29.7 Å². The van der Waals surface area contributed by atoms with E-state index in [9.17, 15) is 4.79 Å². The van der Waals surface area contributed by atoms with E-state index in [0.29, 0.717) is 5.02 Å². The third-order valence-electron chi connectivity index (χ3n) is 3.60. The maximum Gasteiger partial charge on any atom is 0.319 e. The lowest BCUT2D eigenvalue weighted by Gasteiger charge is -2.12. The molecular weight excluding hydrogens is 252 g/mol. The van der Waals surface area contributed by atoms with Crippen LogP contribution in [0.5, 0.6) is 0 Å². The average Bonchev–Trinajstić information content (AvgIpc) is 3.11. The highest BCUT2D eigenvalue weighted by atomic mass is 35.5. The normalized spacial score (nSPS) is 16.8. The molecule has 94 valence electrons. The molecule has 0 saturated heterocycles. The first kappa shape index (κ1) is 11.5. The summed E-state index contributed by atoms with van der Waals surface area (Å²) in [7, 11) is 3.33. The fraction of sp³-hybridized carbons (Fsp3) is 0.385. The van der Waals surface area contributed by atoms with Crippen LogP contribution in [0.25, 0.3) is 11.0 Å². The van der Waals surface area contributed by atoms with Crippen LogP contribution in [-0.4, -0.2) is 22.6 Å². The van der Waals surface area contributed by atoms with Crippen molar-refractivity contribution in [3.63, 3.8) is 0 Å². The predicted octanol–water partition coefficient (Wildman–Crippen LogP) is 2.43. The molecule has 5 heteroatoms. The van der Waals surface area contributed by atoms with Gasteiger partial charge in [-0.2, -0.15) is 0 Å². The summed E-state index contributed by atoms with van der Waals surface area (Å²) in [4.78, 5) is 16.5. The number of aromatic nitrogens is 2. The minimum Gasteiger partial charge on any atom is -0.468 e. The zero-order chi connectivity index (χ0) is 12.9. The topological polar surface area (TPSA) is 44.1 Å². The second-order valence-corrected chi connectivity index (χ2v) is 5.14. The van der Waals surface area contributed by atoms with Crippen molar-refractivity contribution in [1.29, 1.82) is 0 Å². The first-order valence-corrected chi connectivity index (χ1v) is 6.17. The molecule has 18 heavy (non-hydrogen) atoms. The number of nitrogens with zero attached hydrogens (tertiary/aromatic N) is 2. The molecule has 4 nitrogen and oxygen atoms in total. The molecule has 1 aromatic heterocycles. The number of imidazole rings is 1. The van der Waals surface area contributed by atoms with E-state index in [1.165, 1.54) is 7.11 Å². The molecule has 1 saturated carbocycles. The quantitative estimate of drug-likeness (QED) is 0.783. The third-order valence-corrected chi connectivity index (χ3v) is 3.83. The Hall–Kier alpha value is -1.55. The molecule has 3 rings (SSSR count). The van der Waals surface area contributed by atoms with Crippen molar-refractivity contribution in [1.82, 2.24) is 9.55 Å². The van der Waals surface area contributed by atoms with Crippen molar-refractivity contribution < 1.29 is 9.53 Å². The van der Waals surface area contributed by atoms with Crippen LogP contribution in [0, 0.1) is 0 Å². The number of carbonyl (C=O) groups excluding carboxylic acids is 1. The number of halogens is 1. The molecule has 0 atom stereocenters. The highest BCUT2D eigenvalue weighted by Crippen LogP contribution is 2.49. The molecule has 0 spiro atoms. The first-order valence-electron chi connectivity index (χ1n) is 5.79. The van der Waals surface area contributed by atoms with Gasteiger partial charge in [-0.25, -0.2) is 4.98 Å². The Morgan fingerprint density at radius 2 is 2.22 bits per heavy atom. The second kappa shape index (κ2) is 3.72. The minimum atomic E-state index is -0.547. The summed E-state index contributed by atoms with van der Waals surface area (Å²) in [5.41, 5.74) is 1.24. The molecule has 2 aromatic rings. The fourth-order valence-corrected chi connectivity index (χ4v) is 2.60. The van der Waals surface area contributed by atoms with Crippen molar-refractivity contribution in [2.75, 3.05) is 7.11 Å². The van der Waals surface area contributed by atoms with Crippen LogP contribution in [0.3, 0.4) is 0 Å². The lowest BCUT2D eigenvalue weighted by molar-refractivity contribution is -0.143. The van der Waals surface area contributed by atoms with Crippen molar-refractivity contribution in [2.45, 2.75) is 18.3 Å². The largest absolute Gasteiger partial charge is 0.468 e. The SMILES string of the molecule is COC(=O)C1(c2nc3ccc(Cl)cc3n2C)CC1. The van der Waals surface area contributed by atoms with E-state index in [1.54, 1.807) is 6.07 Å². The zero-order valence-electron chi connectivity index (χ0n) is 10.2. The molecule has 1 aliphatic rings. The summed E-state index contributed by atoms with van der Waals surface area (Å²) in [6, 6.07) is 5.54. The number of fused-ring (bicyclic) bond motifs is 1. The van der Waals surface area contributed by atoms with Gasteiger partial charge in [-0.15, -0.1) is 0 Å². The van der Waals surface area contributed by atoms with Gasteiger partial charge in [0, 0.05) is 12.1 Å². The number of aryl methyl sites for hydroxylation is 1. The minimum absolute atomic E-state index is 0.202. The van der Waals surface area contributed by atoms with Gasteiger partial charge >= 0.3 is 5.97 Å². The van der Waals surface area contributed by atoms with Gasteiger partial charge in [0.25, 0.3) is 0 Å². The van der Waals surface area contributed by atoms with Crippen LogP contribution in [0.2, 0.25) is 5.02 Å². The van der Waals surface area contributed by atoms with E-state index in [2.05, 4.69) is 4.98 Å². The molecule has 0 N–H and O–H groups in total. The standard InChI is InChI=1S/C13H13ClN2O2/c1-16-10-7-8(14)3-4-9(10)15-11(16)13(5-6-13)12(17)18-2/h3-4,7H,5-6H2,1-2H3. The molecule has 1 aliphatic carbocycles. The van der Waals surface area contributed by atoms with Gasteiger partial charge < -0.3 is 9.30 Å². The lowest BCUT2D eigenvalue weighted by atomic mass is 10.1. The molecule has 1 fully saturated rings. The molecule has 0 amide bonds. The number of rotatable bonds is 2. The Bertz CT molecular complexity index is 644. The van der Waals surface area contributed by atoms with Crippen LogP contribution in [0.4, 0.5) is 0 Å². The molecule has 0 aliphatic heterocycles. The van der Waals surface area contributed by atoms with E-state index in [1.807, 2.05) is 23.7 Å². The molecule has 1 heterocycles. The number of carbonyl (C=O) groups is 1. The predicted molar refractivity (Wildman–Crippen MR) is 68.7 cm³/mol. The molecular formula is C13H13ClN2O2. The van der Waals surface area contributed by atoms with Crippen molar-refractivity contribution in [3.05, 3.63) is 29.0 Å². The first-order chi connectivity index (χ1) is 8.58. The number of esters is 1. The Balaban J connectivity index is 2.19. The van der Waals surface area contributed by atoms with Crippen LogP contribution in [0.1, 0.15) is 18.7 Å². The Morgan fingerprint density at radius 3 is 2.83 bits per heavy atom. The monoisotopic (exact) mass is 264 g/mol. The molecule has 0 bridgehead atoms.